The molecule has 2 aromatic rings. The molecule has 106 valence electrons. The predicted molar refractivity (Wildman–Crippen MR) is 74.8 cm³/mol. The van der Waals surface area contributed by atoms with Gasteiger partial charge in [0.25, 0.3) is 0 Å². The number of H-pyrrole nitrogens is 1. The van der Waals surface area contributed by atoms with E-state index in [1.54, 1.807) is 0 Å². The van der Waals surface area contributed by atoms with Gasteiger partial charge in [-0.05, 0) is 17.7 Å². The Morgan fingerprint density at radius 3 is 3.00 bits per heavy atom. The standard InChI is InChI=1S/C14H17N3O3/c1-19-13(18)9-10-2-3-11-12(8-10)16-14(15-11)17-4-6-20-7-5-17/h2-3,8H,4-7,9H2,1H3,(H,15,16). The zero-order chi connectivity index (χ0) is 13.9. The van der Waals surface area contributed by atoms with Crippen LogP contribution in [0.25, 0.3) is 11.0 Å². The number of nitrogens with one attached hydrogen (secondary N) is 1. The number of carbonyl (C=O) groups is 1. The van der Waals surface area contributed by atoms with E-state index in [4.69, 9.17) is 4.74 Å². The maximum atomic E-state index is 11.3. The maximum Gasteiger partial charge on any atom is 0.309 e. The zero-order valence-electron chi connectivity index (χ0n) is 11.4. The number of aromatic nitrogens is 2. The molecule has 0 aliphatic carbocycles. The van der Waals surface area contributed by atoms with Crippen LogP contribution >= 0.6 is 0 Å². The van der Waals surface area contributed by atoms with Crippen molar-refractivity contribution in [3.8, 4) is 0 Å². The van der Waals surface area contributed by atoms with Gasteiger partial charge in [-0.2, -0.15) is 0 Å². The molecule has 0 unspecified atom stereocenters. The van der Waals surface area contributed by atoms with E-state index >= 15 is 0 Å². The number of ether oxygens (including phenoxy) is 2. The molecule has 6 heteroatoms. The minimum Gasteiger partial charge on any atom is -0.469 e. The van der Waals surface area contributed by atoms with E-state index < -0.39 is 0 Å². The number of methoxy groups -OCH3 is 1. The molecule has 0 radical (unpaired) electrons. The van der Waals surface area contributed by atoms with Crippen LogP contribution in [0.15, 0.2) is 18.2 Å². The fourth-order valence-electron chi connectivity index (χ4n) is 2.32. The number of hydrogen-bond donors (Lipinski definition) is 1. The average molecular weight is 275 g/mol. The summed E-state index contributed by atoms with van der Waals surface area (Å²) in [6.07, 6.45) is 0.276. The molecule has 0 saturated carbocycles. The number of imidazole rings is 1. The van der Waals surface area contributed by atoms with Gasteiger partial charge in [-0.1, -0.05) is 6.07 Å². The lowest BCUT2D eigenvalue weighted by atomic mass is 10.1. The van der Waals surface area contributed by atoms with Crippen molar-refractivity contribution in [2.75, 3.05) is 38.3 Å². The third-order valence-corrected chi connectivity index (χ3v) is 3.42. The molecule has 1 aliphatic rings. The van der Waals surface area contributed by atoms with Crippen LogP contribution in [-0.2, 0) is 20.7 Å². The normalized spacial score (nSPS) is 15.6. The molecule has 1 aromatic heterocycles. The summed E-state index contributed by atoms with van der Waals surface area (Å²) in [5, 5.41) is 0. The van der Waals surface area contributed by atoms with Crippen LogP contribution in [0, 0.1) is 0 Å². The van der Waals surface area contributed by atoms with Crippen molar-refractivity contribution in [1.29, 1.82) is 0 Å². The smallest absolute Gasteiger partial charge is 0.309 e. The van der Waals surface area contributed by atoms with Gasteiger partial charge in [-0.15, -0.1) is 0 Å². The number of morpholine rings is 1. The highest BCUT2D eigenvalue weighted by Gasteiger charge is 2.15. The summed E-state index contributed by atoms with van der Waals surface area (Å²) in [4.78, 5) is 21.3. The second kappa shape index (κ2) is 5.50. The molecule has 1 aromatic carbocycles. The van der Waals surface area contributed by atoms with E-state index in [9.17, 15) is 4.79 Å². The predicted octanol–water partition coefficient (Wildman–Crippen LogP) is 1.11. The van der Waals surface area contributed by atoms with Crippen LogP contribution in [0.2, 0.25) is 0 Å². The summed E-state index contributed by atoms with van der Waals surface area (Å²) >= 11 is 0. The number of benzene rings is 1. The van der Waals surface area contributed by atoms with Gasteiger partial charge in [0.2, 0.25) is 5.95 Å². The lowest BCUT2D eigenvalue weighted by molar-refractivity contribution is -0.139. The Kier molecular flexibility index (Phi) is 3.56. The number of rotatable bonds is 3. The molecule has 1 aliphatic heterocycles. The molecule has 0 bridgehead atoms. The summed E-state index contributed by atoms with van der Waals surface area (Å²) < 4.78 is 10.0. The Balaban J connectivity index is 1.85. The molecule has 1 N–H and O–H groups in total. The highest BCUT2D eigenvalue weighted by molar-refractivity contribution is 5.80. The second-order valence-corrected chi connectivity index (χ2v) is 4.76. The average Bonchev–Trinajstić information content (AvgIpc) is 2.91. The lowest BCUT2D eigenvalue weighted by Gasteiger charge is -2.26. The molecule has 3 rings (SSSR count). The van der Waals surface area contributed by atoms with Gasteiger partial charge >= 0.3 is 5.97 Å². The fourth-order valence-corrected chi connectivity index (χ4v) is 2.32. The van der Waals surface area contributed by atoms with Gasteiger partial charge in [-0.3, -0.25) is 4.79 Å². The van der Waals surface area contributed by atoms with Gasteiger partial charge in [0.15, 0.2) is 0 Å². The van der Waals surface area contributed by atoms with Gasteiger partial charge < -0.3 is 19.4 Å². The first-order valence-electron chi connectivity index (χ1n) is 6.64. The highest BCUT2D eigenvalue weighted by atomic mass is 16.5. The number of nitrogens with zero attached hydrogens (tertiary/aromatic N) is 2. The zero-order valence-corrected chi connectivity index (χ0v) is 11.4. The Hall–Kier alpha value is -2.08. The van der Waals surface area contributed by atoms with Crippen molar-refractivity contribution in [2.24, 2.45) is 0 Å². The first kappa shape index (κ1) is 12.9. The third-order valence-electron chi connectivity index (χ3n) is 3.42. The van der Waals surface area contributed by atoms with Crippen LogP contribution < -0.4 is 4.90 Å². The van der Waals surface area contributed by atoms with E-state index in [1.807, 2.05) is 18.2 Å². The summed E-state index contributed by atoms with van der Waals surface area (Å²) in [5.41, 5.74) is 2.76. The highest BCUT2D eigenvalue weighted by Crippen LogP contribution is 2.20. The van der Waals surface area contributed by atoms with Gasteiger partial charge in [0.1, 0.15) is 0 Å². The van der Waals surface area contributed by atoms with E-state index in [0.29, 0.717) is 0 Å². The Morgan fingerprint density at radius 1 is 1.45 bits per heavy atom. The minimum atomic E-state index is -0.239. The Morgan fingerprint density at radius 2 is 2.25 bits per heavy atom. The molecular weight excluding hydrogens is 258 g/mol. The summed E-state index contributed by atoms with van der Waals surface area (Å²) in [5.74, 6) is 0.621. The Labute approximate surface area is 116 Å². The van der Waals surface area contributed by atoms with E-state index in [1.165, 1.54) is 7.11 Å². The second-order valence-electron chi connectivity index (χ2n) is 4.76. The van der Waals surface area contributed by atoms with Crippen molar-refractivity contribution in [3.63, 3.8) is 0 Å². The molecule has 0 amide bonds. The van der Waals surface area contributed by atoms with E-state index in [-0.39, 0.29) is 12.4 Å². The van der Waals surface area contributed by atoms with E-state index in [0.717, 1.165) is 48.8 Å². The van der Waals surface area contributed by atoms with Crippen LogP contribution in [0.3, 0.4) is 0 Å². The fraction of sp³-hybridized carbons (Fsp3) is 0.429. The van der Waals surface area contributed by atoms with Crippen LogP contribution in [0.5, 0.6) is 0 Å². The lowest BCUT2D eigenvalue weighted by Crippen LogP contribution is -2.36. The Bertz CT molecular complexity index is 617. The van der Waals surface area contributed by atoms with Crippen molar-refractivity contribution in [3.05, 3.63) is 23.8 Å². The molecule has 0 atom stereocenters. The third kappa shape index (κ3) is 2.60. The monoisotopic (exact) mass is 275 g/mol. The van der Waals surface area contributed by atoms with E-state index in [2.05, 4.69) is 19.6 Å². The SMILES string of the molecule is COC(=O)Cc1ccc2nc(N3CCOCC3)[nH]c2c1. The first-order chi connectivity index (χ1) is 9.76. The van der Waals surface area contributed by atoms with Gasteiger partial charge in [-0.25, -0.2) is 4.98 Å². The van der Waals surface area contributed by atoms with Gasteiger partial charge in [0, 0.05) is 13.1 Å². The number of aromatic amines is 1. The van der Waals surface area contributed by atoms with Crippen LogP contribution in [0.1, 0.15) is 5.56 Å². The molecular formula is C14H17N3O3. The van der Waals surface area contributed by atoms with Crippen molar-refractivity contribution in [1.82, 2.24) is 9.97 Å². The van der Waals surface area contributed by atoms with Gasteiger partial charge in [0.05, 0.1) is 37.8 Å². The number of anilines is 1. The maximum absolute atomic E-state index is 11.3. The molecule has 0 spiro atoms. The molecule has 1 fully saturated rings. The summed E-state index contributed by atoms with van der Waals surface area (Å²) in [6.45, 7) is 3.14. The number of fused-ring (bicyclic) bond motifs is 1. The quantitative estimate of drug-likeness (QED) is 0.850. The summed E-state index contributed by atoms with van der Waals surface area (Å²) in [7, 11) is 1.40. The van der Waals surface area contributed by atoms with Crippen molar-refractivity contribution >= 4 is 23.0 Å². The molecule has 1 saturated heterocycles. The largest absolute Gasteiger partial charge is 0.469 e. The minimum absolute atomic E-state index is 0.239. The number of carbonyl (C=O) groups excluding carboxylic acids is 1. The van der Waals surface area contributed by atoms with Crippen LogP contribution in [0.4, 0.5) is 5.95 Å². The van der Waals surface area contributed by atoms with Crippen molar-refractivity contribution in [2.45, 2.75) is 6.42 Å². The number of esters is 1. The molecule has 6 nitrogen and oxygen atoms in total. The van der Waals surface area contributed by atoms with Crippen LogP contribution in [-0.4, -0.2) is 49.4 Å². The summed E-state index contributed by atoms with van der Waals surface area (Å²) in [6, 6.07) is 5.78. The molecule has 20 heavy (non-hydrogen) atoms. The topological polar surface area (TPSA) is 67.4 Å². The first-order valence-corrected chi connectivity index (χ1v) is 6.64. The molecule has 2 heterocycles. The number of hydrogen-bond acceptors (Lipinski definition) is 5. The van der Waals surface area contributed by atoms with Crippen molar-refractivity contribution < 1.29 is 14.3 Å².